The minimum atomic E-state index is -0.586. The Kier molecular flexibility index (Phi) is 4.62. The average Bonchev–Trinajstić information content (AvgIpc) is 3.31. The fraction of sp³-hybridized carbons (Fsp3) is 0.583. The van der Waals surface area contributed by atoms with Gasteiger partial charge in [-0.2, -0.15) is 0 Å². The summed E-state index contributed by atoms with van der Waals surface area (Å²) >= 11 is 0. The van der Waals surface area contributed by atoms with Crippen molar-refractivity contribution in [1.82, 2.24) is 0 Å². The van der Waals surface area contributed by atoms with E-state index in [9.17, 15) is 5.11 Å². The first-order valence-corrected chi connectivity index (χ1v) is 10.3. The van der Waals surface area contributed by atoms with Crippen LogP contribution in [0, 0.1) is 29.6 Å². The Balaban J connectivity index is 1.68. The molecule has 1 aromatic rings. The third-order valence-corrected chi connectivity index (χ3v) is 7.51. The maximum atomic E-state index is 11.4. The van der Waals surface area contributed by atoms with Gasteiger partial charge >= 0.3 is 0 Å². The average molecular weight is 337 g/mol. The molecule has 0 amide bonds. The molecule has 2 fully saturated rings. The van der Waals surface area contributed by atoms with Gasteiger partial charge in [0.25, 0.3) is 0 Å². The molecule has 0 aliphatic heterocycles. The van der Waals surface area contributed by atoms with E-state index >= 15 is 0 Å². The third kappa shape index (κ3) is 3.01. The summed E-state index contributed by atoms with van der Waals surface area (Å²) in [6, 6.07) is 10.6. The van der Waals surface area contributed by atoms with Crippen LogP contribution in [0.1, 0.15) is 57.9 Å². The maximum absolute atomic E-state index is 11.4. The summed E-state index contributed by atoms with van der Waals surface area (Å²) in [6.45, 7) is 4.30. The summed E-state index contributed by atoms with van der Waals surface area (Å²) in [4.78, 5) is 0. The van der Waals surface area contributed by atoms with E-state index in [0.717, 1.165) is 30.6 Å². The van der Waals surface area contributed by atoms with Crippen LogP contribution in [-0.4, -0.2) is 10.7 Å². The smallest absolute Gasteiger partial charge is 0.0710 e. The molecule has 1 heteroatoms. The molecule has 0 aromatic heterocycles. The molecule has 0 heterocycles. The lowest BCUT2D eigenvalue weighted by Crippen LogP contribution is -2.43. The van der Waals surface area contributed by atoms with Crippen molar-refractivity contribution in [1.29, 1.82) is 0 Å². The van der Waals surface area contributed by atoms with Gasteiger partial charge in [-0.3, -0.25) is 0 Å². The van der Waals surface area contributed by atoms with Gasteiger partial charge in [0.2, 0.25) is 0 Å². The largest absolute Gasteiger partial charge is 0.389 e. The van der Waals surface area contributed by atoms with E-state index in [1.807, 2.05) is 0 Å². The lowest BCUT2D eigenvalue weighted by atomic mass is 9.64. The molecule has 1 N–H and O–H groups in total. The number of rotatable bonds is 5. The maximum Gasteiger partial charge on any atom is 0.0710 e. The lowest BCUT2D eigenvalue weighted by Gasteiger charge is -2.43. The van der Waals surface area contributed by atoms with Crippen LogP contribution in [0.3, 0.4) is 0 Å². The molecule has 4 rings (SSSR count). The molecule has 3 aliphatic carbocycles. The Bertz CT molecular complexity index is 652. The normalized spacial score (nSPS) is 34.4. The Morgan fingerprint density at radius 2 is 1.80 bits per heavy atom. The summed E-state index contributed by atoms with van der Waals surface area (Å²) in [6.07, 6.45) is 14.5. The molecule has 0 saturated heterocycles. The monoisotopic (exact) mass is 336 g/mol. The third-order valence-electron chi connectivity index (χ3n) is 7.51. The van der Waals surface area contributed by atoms with E-state index in [1.54, 1.807) is 0 Å². The zero-order valence-corrected chi connectivity index (χ0v) is 15.7. The Morgan fingerprint density at radius 3 is 2.40 bits per heavy atom. The van der Waals surface area contributed by atoms with E-state index in [4.69, 9.17) is 0 Å². The van der Waals surface area contributed by atoms with Crippen LogP contribution in [0.25, 0.3) is 5.57 Å². The van der Waals surface area contributed by atoms with E-state index in [1.165, 1.54) is 36.8 Å². The van der Waals surface area contributed by atoms with Crippen molar-refractivity contribution in [3.05, 3.63) is 54.1 Å². The van der Waals surface area contributed by atoms with Gasteiger partial charge in [-0.15, -0.1) is 0 Å². The van der Waals surface area contributed by atoms with Crippen LogP contribution in [0.5, 0.6) is 0 Å². The Labute approximate surface area is 152 Å². The zero-order chi connectivity index (χ0) is 17.4. The zero-order valence-electron chi connectivity index (χ0n) is 15.7. The van der Waals surface area contributed by atoms with E-state index in [2.05, 4.69) is 62.4 Å². The molecule has 5 atom stereocenters. The molecule has 3 aliphatic rings. The van der Waals surface area contributed by atoms with Gasteiger partial charge in [-0.1, -0.05) is 68.8 Å². The predicted octanol–water partition coefficient (Wildman–Crippen LogP) is 5.86. The second-order valence-electron chi connectivity index (χ2n) is 8.60. The van der Waals surface area contributed by atoms with Crippen molar-refractivity contribution in [2.24, 2.45) is 29.6 Å². The summed E-state index contributed by atoms with van der Waals surface area (Å²) in [5.41, 5.74) is 1.96. The number of benzene rings is 1. The summed E-state index contributed by atoms with van der Waals surface area (Å²) in [5.74, 6) is 3.38. The van der Waals surface area contributed by atoms with Gasteiger partial charge in [0.1, 0.15) is 0 Å². The molecule has 1 aromatic carbocycles. The highest BCUT2D eigenvalue weighted by Crippen LogP contribution is 2.55. The van der Waals surface area contributed by atoms with E-state index in [0.29, 0.717) is 5.92 Å². The highest BCUT2D eigenvalue weighted by atomic mass is 16.3. The van der Waals surface area contributed by atoms with Crippen LogP contribution >= 0.6 is 0 Å². The molecular formula is C24H32O. The quantitative estimate of drug-likeness (QED) is 0.714. The fourth-order valence-corrected chi connectivity index (χ4v) is 5.93. The van der Waals surface area contributed by atoms with Crippen molar-refractivity contribution in [3.63, 3.8) is 0 Å². The number of allylic oxidation sites excluding steroid dienone is 3. The molecule has 2 saturated carbocycles. The van der Waals surface area contributed by atoms with Gasteiger partial charge < -0.3 is 5.11 Å². The van der Waals surface area contributed by atoms with Crippen molar-refractivity contribution in [3.8, 4) is 0 Å². The van der Waals surface area contributed by atoms with Gasteiger partial charge in [0, 0.05) is 5.92 Å². The highest BCUT2D eigenvalue weighted by molar-refractivity contribution is 5.75. The SMILES string of the molecule is CCC(O)(CC)[C@H]1C=C(c2ccccc2)C=C[C@H]1C1C[C@@H]2CC[C@H]1C2. The fourth-order valence-electron chi connectivity index (χ4n) is 5.93. The molecule has 0 radical (unpaired) electrons. The Morgan fingerprint density at radius 1 is 1.04 bits per heavy atom. The number of aliphatic hydroxyl groups is 1. The first kappa shape index (κ1) is 17.1. The highest BCUT2D eigenvalue weighted by Gasteiger charge is 2.48. The summed E-state index contributed by atoms with van der Waals surface area (Å²) in [5, 5.41) is 11.4. The van der Waals surface area contributed by atoms with Crippen LogP contribution < -0.4 is 0 Å². The molecule has 0 spiro atoms. The van der Waals surface area contributed by atoms with E-state index in [-0.39, 0.29) is 5.92 Å². The van der Waals surface area contributed by atoms with Gasteiger partial charge in [-0.05, 0) is 66.9 Å². The lowest BCUT2D eigenvalue weighted by molar-refractivity contribution is -0.0351. The molecular weight excluding hydrogens is 304 g/mol. The predicted molar refractivity (Wildman–Crippen MR) is 105 cm³/mol. The standard InChI is InChI=1S/C24H32O/c1-3-24(25,4-2)23-16-19(18-8-6-5-7-9-18)12-13-21(23)22-15-17-10-11-20(22)14-17/h5-9,12-13,16-17,20-23,25H,3-4,10-11,14-15H2,1-2H3/t17-,20+,21+,22?,23+/m1/s1. The van der Waals surface area contributed by atoms with Gasteiger partial charge in [0.15, 0.2) is 0 Å². The summed E-state index contributed by atoms with van der Waals surface area (Å²) in [7, 11) is 0. The second kappa shape index (κ2) is 6.76. The van der Waals surface area contributed by atoms with Crippen LogP contribution in [0.4, 0.5) is 0 Å². The first-order chi connectivity index (χ1) is 12.1. The Hall–Kier alpha value is -1.34. The van der Waals surface area contributed by atoms with Crippen LogP contribution in [-0.2, 0) is 0 Å². The number of fused-ring (bicyclic) bond motifs is 2. The van der Waals surface area contributed by atoms with Crippen molar-refractivity contribution in [2.45, 2.75) is 58.0 Å². The number of hydrogen-bond acceptors (Lipinski definition) is 1. The molecule has 25 heavy (non-hydrogen) atoms. The molecule has 1 nitrogen and oxygen atoms in total. The van der Waals surface area contributed by atoms with Crippen molar-refractivity contribution < 1.29 is 5.11 Å². The van der Waals surface area contributed by atoms with Crippen molar-refractivity contribution in [2.75, 3.05) is 0 Å². The minimum Gasteiger partial charge on any atom is -0.389 e. The topological polar surface area (TPSA) is 20.2 Å². The first-order valence-electron chi connectivity index (χ1n) is 10.3. The van der Waals surface area contributed by atoms with Gasteiger partial charge in [-0.25, -0.2) is 0 Å². The van der Waals surface area contributed by atoms with E-state index < -0.39 is 5.60 Å². The van der Waals surface area contributed by atoms with Crippen LogP contribution in [0.2, 0.25) is 0 Å². The number of hydrogen-bond donors (Lipinski definition) is 1. The molecule has 134 valence electrons. The van der Waals surface area contributed by atoms with Gasteiger partial charge in [0.05, 0.1) is 5.60 Å². The second-order valence-corrected chi connectivity index (χ2v) is 8.60. The summed E-state index contributed by atoms with van der Waals surface area (Å²) < 4.78 is 0. The molecule has 1 unspecified atom stereocenters. The van der Waals surface area contributed by atoms with Crippen molar-refractivity contribution >= 4 is 5.57 Å². The van der Waals surface area contributed by atoms with Crippen LogP contribution in [0.15, 0.2) is 48.6 Å². The minimum absolute atomic E-state index is 0.243. The molecule has 2 bridgehead atoms.